The van der Waals surface area contributed by atoms with Gasteiger partial charge in [-0.3, -0.25) is 4.79 Å². The quantitative estimate of drug-likeness (QED) is 0.765. The van der Waals surface area contributed by atoms with E-state index in [2.05, 4.69) is 10.0 Å². The van der Waals surface area contributed by atoms with E-state index in [0.717, 1.165) is 5.56 Å². The first-order valence-corrected chi connectivity index (χ1v) is 10.3. The molecule has 1 aromatic heterocycles. The van der Waals surface area contributed by atoms with E-state index in [4.69, 9.17) is 10.00 Å². The summed E-state index contributed by atoms with van der Waals surface area (Å²) >= 11 is 0. The lowest BCUT2D eigenvalue weighted by Gasteiger charge is -2.14. The molecule has 1 aromatic carbocycles. The topological polar surface area (TPSA) is 113 Å². The van der Waals surface area contributed by atoms with Crippen LogP contribution in [0.2, 0.25) is 0 Å². The van der Waals surface area contributed by atoms with Gasteiger partial charge < -0.3 is 14.6 Å². The SMILES string of the molecule is Cc1ccc(NC(=O)c2c3c(cn2C)S(=O)(=O)NC(CC=C(F)F)CO3)cc1C#N. The first-order valence-electron chi connectivity index (χ1n) is 8.80. The maximum Gasteiger partial charge on any atom is 0.276 e. The molecule has 0 aliphatic carbocycles. The summed E-state index contributed by atoms with van der Waals surface area (Å²) in [6.45, 7) is 1.52. The van der Waals surface area contributed by atoms with Gasteiger partial charge in [0.15, 0.2) is 11.4 Å². The highest BCUT2D eigenvalue weighted by Gasteiger charge is 2.34. The third kappa shape index (κ3) is 4.34. The van der Waals surface area contributed by atoms with Gasteiger partial charge in [-0.25, -0.2) is 13.1 Å². The van der Waals surface area contributed by atoms with Crippen LogP contribution in [0.4, 0.5) is 14.5 Å². The van der Waals surface area contributed by atoms with Crippen molar-refractivity contribution in [2.45, 2.75) is 24.3 Å². The van der Waals surface area contributed by atoms with Crippen LogP contribution in [0, 0.1) is 18.3 Å². The minimum atomic E-state index is -4.09. The number of anilines is 1. The van der Waals surface area contributed by atoms with Crippen LogP contribution in [0.25, 0.3) is 0 Å². The molecule has 1 amide bonds. The molecule has 1 unspecified atom stereocenters. The maximum absolute atomic E-state index is 12.9. The van der Waals surface area contributed by atoms with Gasteiger partial charge in [0.1, 0.15) is 11.5 Å². The minimum absolute atomic E-state index is 0.0534. The second-order valence-electron chi connectivity index (χ2n) is 6.74. The van der Waals surface area contributed by atoms with Crippen molar-refractivity contribution in [3.8, 4) is 11.8 Å². The summed E-state index contributed by atoms with van der Waals surface area (Å²) in [5.41, 5.74) is 1.43. The van der Waals surface area contributed by atoms with Gasteiger partial charge in [0.25, 0.3) is 12.0 Å². The van der Waals surface area contributed by atoms with Crippen LogP contribution < -0.4 is 14.8 Å². The Morgan fingerprint density at radius 2 is 2.20 bits per heavy atom. The van der Waals surface area contributed by atoms with Crippen LogP contribution in [0.1, 0.15) is 28.0 Å². The number of benzene rings is 1. The standard InChI is InChI=1S/C19H18F2N4O4S/c1-11-3-4-13(7-12(11)8-22)23-19(26)17-18-15(9-25(17)2)30(27,28)24-14(10-29-18)5-6-16(20)21/h3-4,6-7,9,14,24H,5,10H2,1-2H3,(H,23,26). The van der Waals surface area contributed by atoms with Crippen molar-refractivity contribution >= 4 is 21.6 Å². The van der Waals surface area contributed by atoms with Crippen molar-refractivity contribution in [3.05, 3.63) is 53.4 Å². The van der Waals surface area contributed by atoms with E-state index in [0.29, 0.717) is 17.3 Å². The van der Waals surface area contributed by atoms with E-state index in [9.17, 15) is 22.0 Å². The lowest BCUT2D eigenvalue weighted by Crippen LogP contribution is -2.36. The third-order valence-corrected chi connectivity index (χ3v) is 6.04. The summed E-state index contributed by atoms with van der Waals surface area (Å²) < 4.78 is 59.2. The van der Waals surface area contributed by atoms with Gasteiger partial charge in [-0.2, -0.15) is 14.0 Å². The zero-order valence-electron chi connectivity index (χ0n) is 16.1. The van der Waals surface area contributed by atoms with Crippen molar-refractivity contribution in [1.82, 2.24) is 9.29 Å². The van der Waals surface area contributed by atoms with Gasteiger partial charge >= 0.3 is 0 Å². The Bertz CT molecular complexity index is 1180. The number of carbonyl (C=O) groups is 1. The summed E-state index contributed by atoms with van der Waals surface area (Å²) in [6, 6.07) is 5.89. The van der Waals surface area contributed by atoms with Gasteiger partial charge in [-0.15, -0.1) is 0 Å². The van der Waals surface area contributed by atoms with Crippen LogP contribution in [0.5, 0.6) is 5.75 Å². The number of sulfonamides is 1. The highest BCUT2D eigenvalue weighted by atomic mass is 32.2. The van der Waals surface area contributed by atoms with Crippen molar-refractivity contribution < 1.29 is 26.7 Å². The zero-order chi connectivity index (χ0) is 22.1. The van der Waals surface area contributed by atoms with E-state index in [1.807, 2.05) is 6.07 Å². The largest absolute Gasteiger partial charge is 0.488 e. The molecule has 0 saturated carbocycles. The Labute approximate surface area is 171 Å². The third-order valence-electron chi connectivity index (χ3n) is 4.53. The number of hydrogen-bond donors (Lipinski definition) is 2. The molecular weight excluding hydrogens is 418 g/mol. The first-order chi connectivity index (χ1) is 14.1. The van der Waals surface area contributed by atoms with Crippen LogP contribution in [0.3, 0.4) is 0 Å². The van der Waals surface area contributed by atoms with Crippen molar-refractivity contribution in [1.29, 1.82) is 5.26 Å². The van der Waals surface area contributed by atoms with Crippen LogP contribution >= 0.6 is 0 Å². The number of halogens is 2. The summed E-state index contributed by atoms with van der Waals surface area (Å²) in [4.78, 5) is 12.6. The molecule has 0 fully saturated rings. The molecule has 2 aromatic rings. The highest BCUT2D eigenvalue weighted by Crippen LogP contribution is 2.33. The second-order valence-corrected chi connectivity index (χ2v) is 8.42. The number of carbonyl (C=O) groups excluding carboxylic acids is 1. The molecule has 2 N–H and O–H groups in total. The number of fused-ring (bicyclic) bond motifs is 1. The summed E-state index contributed by atoms with van der Waals surface area (Å²) in [5.74, 6) is -0.808. The molecule has 1 aliphatic rings. The van der Waals surface area contributed by atoms with E-state index in [1.54, 1.807) is 19.1 Å². The van der Waals surface area contributed by atoms with Gasteiger partial charge in [0.05, 0.1) is 17.7 Å². The summed E-state index contributed by atoms with van der Waals surface area (Å²) in [5, 5.41) is 11.8. The van der Waals surface area contributed by atoms with E-state index in [1.165, 1.54) is 23.9 Å². The zero-order valence-corrected chi connectivity index (χ0v) is 16.9. The molecule has 0 spiro atoms. The Hall–Kier alpha value is -3.23. The maximum atomic E-state index is 12.9. The number of hydrogen-bond acceptors (Lipinski definition) is 5. The molecule has 158 valence electrons. The normalized spacial score (nSPS) is 17.1. The predicted molar refractivity (Wildman–Crippen MR) is 104 cm³/mol. The Morgan fingerprint density at radius 3 is 2.87 bits per heavy atom. The molecule has 8 nitrogen and oxygen atoms in total. The van der Waals surface area contributed by atoms with Crippen molar-refractivity contribution in [2.75, 3.05) is 11.9 Å². The number of nitriles is 1. The number of amides is 1. The molecule has 3 rings (SSSR count). The summed E-state index contributed by atoms with van der Waals surface area (Å²) in [6.07, 6.45) is -0.368. The highest BCUT2D eigenvalue weighted by molar-refractivity contribution is 7.89. The van der Waals surface area contributed by atoms with Crippen molar-refractivity contribution in [2.24, 2.45) is 7.05 Å². The molecular formula is C19H18F2N4O4S. The Balaban J connectivity index is 1.93. The van der Waals surface area contributed by atoms with Crippen molar-refractivity contribution in [3.63, 3.8) is 0 Å². The number of nitrogens with one attached hydrogen (secondary N) is 2. The summed E-state index contributed by atoms with van der Waals surface area (Å²) in [7, 11) is -2.61. The first kappa shape index (κ1) is 21.5. The van der Waals surface area contributed by atoms with E-state index in [-0.39, 0.29) is 29.4 Å². The number of nitrogens with zero attached hydrogens (tertiary/aromatic N) is 2. The number of rotatable bonds is 4. The number of ether oxygens (including phenoxy) is 1. The monoisotopic (exact) mass is 436 g/mol. The molecule has 2 heterocycles. The predicted octanol–water partition coefficient (Wildman–Crippen LogP) is 2.67. The molecule has 1 aliphatic heterocycles. The van der Waals surface area contributed by atoms with Gasteiger partial charge in [-0.05, 0) is 37.1 Å². The van der Waals surface area contributed by atoms with E-state index < -0.39 is 28.1 Å². The van der Waals surface area contributed by atoms with Crippen LogP contribution in [-0.2, 0) is 17.1 Å². The smallest absolute Gasteiger partial charge is 0.276 e. The van der Waals surface area contributed by atoms with E-state index >= 15 is 0 Å². The average molecular weight is 436 g/mol. The fraction of sp³-hybridized carbons (Fsp3) is 0.263. The average Bonchev–Trinajstić information content (AvgIpc) is 2.96. The number of aryl methyl sites for hydroxylation is 2. The molecule has 30 heavy (non-hydrogen) atoms. The lowest BCUT2D eigenvalue weighted by molar-refractivity contribution is 0.101. The lowest BCUT2D eigenvalue weighted by atomic mass is 10.1. The van der Waals surface area contributed by atoms with Gasteiger partial charge in [0, 0.05) is 18.9 Å². The molecule has 11 heteroatoms. The van der Waals surface area contributed by atoms with Gasteiger partial charge in [0.2, 0.25) is 10.0 Å². The Morgan fingerprint density at radius 1 is 1.47 bits per heavy atom. The fourth-order valence-electron chi connectivity index (χ4n) is 3.03. The second kappa shape index (κ2) is 8.25. The molecule has 0 bridgehead atoms. The van der Waals surface area contributed by atoms with Gasteiger partial charge in [-0.1, -0.05) is 6.07 Å². The number of aromatic nitrogens is 1. The molecule has 0 saturated heterocycles. The molecule has 0 radical (unpaired) electrons. The molecule has 1 atom stereocenters. The van der Waals surface area contributed by atoms with Crippen LogP contribution in [-0.4, -0.2) is 31.5 Å². The van der Waals surface area contributed by atoms with Crippen LogP contribution in [0.15, 0.2) is 41.4 Å². The fourth-order valence-corrected chi connectivity index (χ4v) is 4.46. The minimum Gasteiger partial charge on any atom is -0.488 e. The Kier molecular flexibility index (Phi) is 5.91.